The molecular formula is C17H24N4O6. The van der Waals surface area contributed by atoms with Crippen LogP contribution in [0.3, 0.4) is 0 Å². The van der Waals surface area contributed by atoms with Crippen molar-refractivity contribution >= 4 is 17.9 Å². The Kier molecular flexibility index (Phi) is 7.22. The second kappa shape index (κ2) is 9.40. The lowest BCUT2D eigenvalue weighted by Gasteiger charge is -2.41. The fourth-order valence-electron chi connectivity index (χ4n) is 3.31. The lowest BCUT2D eigenvalue weighted by Crippen LogP contribution is -2.53. The third-order valence-electron chi connectivity index (χ3n) is 4.45. The van der Waals surface area contributed by atoms with Crippen LogP contribution in [0, 0.1) is 0 Å². The van der Waals surface area contributed by atoms with E-state index in [0.717, 1.165) is 0 Å². The van der Waals surface area contributed by atoms with E-state index < -0.39 is 42.8 Å². The molecular weight excluding hydrogens is 356 g/mol. The van der Waals surface area contributed by atoms with Crippen molar-refractivity contribution in [2.75, 3.05) is 32.7 Å². The van der Waals surface area contributed by atoms with Gasteiger partial charge in [0.15, 0.2) is 0 Å². The molecule has 0 saturated heterocycles. The van der Waals surface area contributed by atoms with E-state index in [1.54, 1.807) is 18.2 Å². The van der Waals surface area contributed by atoms with Crippen molar-refractivity contribution in [3.05, 3.63) is 29.6 Å². The van der Waals surface area contributed by atoms with Gasteiger partial charge in [-0.3, -0.25) is 24.3 Å². The fraction of sp³-hybridized carbons (Fsp3) is 0.529. The topological polar surface area (TPSA) is 152 Å². The molecule has 0 unspecified atom stereocenters. The van der Waals surface area contributed by atoms with Crippen LogP contribution < -0.4 is 10.6 Å². The van der Waals surface area contributed by atoms with Crippen LogP contribution in [0.15, 0.2) is 18.2 Å². The minimum atomic E-state index is -1.58. The quantitative estimate of drug-likeness (QED) is 0.428. The number of nitrogens with zero attached hydrogens (tertiary/aromatic N) is 2. The van der Waals surface area contributed by atoms with Crippen LogP contribution >= 0.6 is 0 Å². The first-order chi connectivity index (χ1) is 12.8. The highest BCUT2D eigenvalue weighted by molar-refractivity contribution is 5.75. The molecule has 0 aromatic carbocycles. The van der Waals surface area contributed by atoms with Gasteiger partial charge in [-0.15, -0.1) is 0 Å². The number of nitrogens with one attached hydrogen (secondary N) is 2. The molecule has 148 valence electrons. The fourth-order valence-corrected chi connectivity index (χ4v) is 3.31. The number of carbonyl (C=O) groups is 3. The highest BCUT2D eigenvalue weighted by Gasteiger charge is 2.44. The van der Waals surface area contributed by atoms with Crippen molar-refractivity contribution < 1.29 is 29.7 Å². The summed E-state index contributed by atoms with van der Waals surface area (Å²) in [6.07, 6.45) is -1.15. The standard InChI is InChI=1S/C17H24N4O6/c22-14(23)8-17(9-15(24)25)13-3-1-2-12(20-13)10-19-5-4-18-6-7-21(17)11-16(26)27/h1-3,18-19H,4-11H2,(H,22,23)(H,24,25)(H,26,27). The Labute approximate surface area is 156 Å². The summed E-state index contributed by atoms with van der Waals surface area (Å²) in [5, 5.41) is 34.7. The highest BCUT2D eigenvalue weighted by Crippen LogP contribution is 2.35. The Morgan fingerprint density at radius 2 is 1.67 bits per heavy atom. The van der Waals surface area contributed by atoms with Gasteiger partial charge in [0.25, 0.3) is 0 Å². The number of hydrogen-bond donors (Lipinski definition) is 5. The second-order valence-electron chi connectivity index (χ2n) is 6.43. The van der Waals surface area contributed by atoms with Gasteiger partial charge in [-0.2, -0.15) is 0 Å². The SMILES string of the molecule is O=C(O)CN1CCNCCNCc2cccc(n2)C1(CC(=O)O)CC(=O)O. The van der Waals surface area contributed by atoms with Gasteiger partial charge in [0, 0.05) is 32.7 Å². The van der Waals surface area contributed by atoms with Crippen molar-refractivity contribution in [3.8, 4) is 0 Å². The van der Waals surface area contributed by atoms with E-state index in [2.05, 4.69) is 15.6 Å². The van der Waals surface area contributed by atoms with Gasteiger partial charge in [-0.25, -0.2) is 0 Å². The maximum atomic E-state index is 11.6. The molecule has 0 aliphatic carbocycles. The smallest absolute Gasteiger partial charge is 0.317 e. The average Bonchev–Trinajstić information content (AvgIpc) is 2.57. The van der Waals surface area contributed by atoms with Gasteiger partial charge < -0.3 is 26.0 Å². The Balaban J connectivity index is 2.62. The summed E-state index contributed by atoms with van der Waals surface area (Å²) in [6.45, 7) is 1.80. The Bertz CT molecular complexity index is 680. The summed E-state index contributed by atoms with van der Waals surface area (Å²) in [5.74, 6) is -3.62. The summed E-state index contributed by atoms with van der Waals surface area (Å²) < 4.78 is 0. The highest BCUT2D eigenvalue weighted by atomic mass is 16.4. The Morgan fingerprint density at radius 3 is 2.30 bits per heavy atom. The van der Waals surface area contributed by atoms with Gasteiger partial charge >= 0.3 is 17.9 Å². The van der Waals surface area contributed by atoms with Gasteiger partial charge in [-0.05, 0) is 12.1 Å². The molecule has 0 amide bonds. The first-order valence-electron chi connectivity index (χ1n) is 8.62. The zero-order valence-electron chi connectivity index (χ0n) is 14.8. The second-order valence-corrected chi connectivity index (χ2v) is 6.43. The summed E-state index contributed by atoms with van der Waals surface area (Å²) in [7, 11) is 0. The van der Waals surface area contributed by atoms with E-state index in [9.17, 15) is 29.7 Å². The molecule has 2 bridgehead atoms. The minimum Gasteiger partial charge on any atom is -0.481 e. The largest absolute Gasteiger partial charge is 0.481 e. The molecule has 0 radical (unpaired) electrons. The number of hydrogen-bond acceptors (Lipinski definition) is 7. The third-order valence-corrected chi connectivity index (χ3v) is 4.45. The Morgan fingerprint density at radius 1 is 1.00 bits per heavy atom. The molecule has 1 aromatic heterocycles. The van der Waals surface area contributed by atoms with Crippen molar-refractivity contribution in [2.24, 2.45) is 0 Å². The number of aliphatic carboxylic acids is 3. The summed E-state index contributed by atoms with van der Waals surface area (Å²) in [6, 6.07) is 4.99. The summed E-state index contributed by atoms with van der Waals surface area (Å²) in [4.78, 5) is 40.6. The third kappa shape index (κ3) is 5.71. The van der Waals surface area contributed by atoms with E-state index in [4.69, 9.17) is 0 Å². The number of fused-ring (bicyclic) bond motifs is 2. The van der Waals surface area contributed by atoms with Crippen LogP contribution in [0.4, 0.5) is 0 Å². The maximum Gasteiger partial charge on any atom is 0.317 e. The van der Waals surface area contributed by atoms with E-state index in [-0.39, 0.29) is 12.2 Å². The molecule has 27 heavy (non-hydrogen) atoms. The zero-order chi connectivity index (χ0) is 19.9. The van der Waals surface area contributed by atoms with E-state index in [1.807, 2.05) is 0 Å². The molecule has 0 saturated carbocycles. The van der Waals surface area contributed by atoms with E-state index >= 15 is 0 Å². The van der Waals surface area contributed by atoms with Crippen molar-refractivity contribution in [3.63, 3.8) is 0 Å². The molecule has 0 atom stereocenters. The van der Waals surface area contributed by atoms with E-state index in [1.165, 1.54) is 4.90 Å². The average molecular weight is 380 g/mol. The molecule has 0 spiro atoms. The van der Waals surface area contributed by atoms with Crippen LogP contribution in [0.2, 0.25) is 0 Å². The molecule has 1 aromatic rings. The number of carboxylic acids is 3. The lowest BCUT2D eigenvalue weighted by molar-refractivity contribution is -0.151. The number of aromatic nitrogens is 1. The van der Waals surface area contributed by atoms with Crippen molar-refractivity contribution in [1.29, 1.82) is 0 Å². The van der Waals surface area contributed by atoms with E-state index in [0.29, 0.717) is 31.9 Å². The van der Waals surface area contributed by atoms with Crippen LogP contribution in [-0.2, 0) is 26.5 Å². The molecule has 10 nitrogen and oxygen atoms in total. The zero-order valence-corrected chi connectivity index (χ0v) is 14.8. The maximum absolute atomic E-state index is 11.6. The van der Waals surface area contributed by atoms with Crippen LogP contribution in [-0.4, -0.2) is 75.8 Å². The number of carboxylic acid groups (broad SMARTS) is 3. The normalized spacial score (nSPS) is 18.1. The lowest BCUT2D eigenvalue weighted by atomic mass is 9.84. The summed E-state index contributed by atoms with van der Waals surface area (Å²) in [5.41, 5.74) is -0.704. The molecule has 0 fully saturated rings. The number of rotatable bonds is 6. The molecule has 5 N–H and O–H groups in total. The van der Waals surface area contributed by atoms with Gasteiger partial charge in [0.2, 0.25) is 0 Å². The minimum absolute atomic E-state index is 0.165. The monoisotopic (exact) mass is 380 g/mol. The Hall–Kier alpha value is -2.56. The first-order valence-corrected chi connectivity index (χ1v) is 8.62. The van der Waals surface area contributed by atoms with Crippen LogP contribution in [0.25, 0.3) is 0 Å². The number of pyridine rings is 1. The van der Waals surface area contributed by atoms with Crippen LogP contribution in [0.5, 0.6) is 0 Å². The predicted octanol–water partition coefficient (Wildman–Crippen LogP) is -0.694. The molecule has 2 heterocycles. The van der Waals surface area contributed by atoms with Crippen molar-refractivity contribution in [1.82, 2.24) is 20.5 Å². The van der Waals surface area contributed by atoms with Gasteiger partial charge in [0.1, 0.15) is 0 Å². The predicted molar refractivity (Wildman–Crippen MR) is 94.2 cm³/mol. The summed E-state index contributed by atoms with van der Waals surface area (Å²) >= 11 is 0. The van der Waals surface area contributed by atoms with Gasteiger partial charge in [0.05, 0.1) is 36.3 Å². The van der Waals surface area contributed by atoms with Crippen LogP contribution in [0.1, 0.15) is 24.2 Å². The molecule has 1 aliphatic heterocycles. The molecule has 1 aliphatic rings. The molecule has 2 rings (SSSR count). The molecule has 10 heteroatoms. The van der Waals surface area contributed by atoms with Crippen molar-refractivity contribution in [2.45, 2.75) is 24.9 Å². The van der Waals surface area contributed by atoms with Gasteiger partial charge in [-0.1, -0.05) is 6.07 Å². The first kappa shape index (κ1) is 20.7.